The summed E-state index contributed by atoms with van der Waals surface area (Å²) < 4.78 is 0.881. The van der Waals surface area contributed by atoms with Crippen LogP contribution in [0.1, 0.15) is 24.1 Å². The van der Waals surface area contributed by atoms with Crippen LogP contribution in [0.25, 0.3) is 0 Å². The Hall–Kier alpha value is -1.80. The van der Waals surface area contributed by atoms with Crippen molar-refractivity contribution >= 4 is 21.6 Å². The predicted octanol–water partition coefficient (Wildman–Crippen LogP) is 3.22. The van der Waals surface area contributed by atoms with E-state index in [1.807, 2.05) is 12.3 Å². The molecule has 0 spiro atoms. The van der Waals surface area contributed by atoms with Crippen molar-refractivity contribution in [1.29, 1.82) is 5.26 Å². The van der Waals surface area contributed by atoms with Crippen LogP contribution < -0.4 is 5.32 Å². The zero-order chi connectivity index (χ0) is 12.3. The second-order valence-corrected chi connectivity index (χ2v) is 4.56. The van der Waals surface area contributed by atoms with Gasteiger partial charge in [0.05, 0.1) is 23.9 Å². The molecule has 4 nitrogen and oxygen atoms in total. The Bertz CT molecular complexity index is 542. The van der Waals surface area contributed by atoms with E-state index >= 15 is 0 Å². The third kappa shape index (κ3) is 2.66. The molecule has 0 saturated carbocycles. The van der Waals surface area contributed by atoms with Crippen molar-refractivity contribution in [3.63, 3.8) is 0 Å². The van der Waals surface area contributed by atoms with Crippen LogP contribution in [0.2, 0.25) is 0 Å². The number of nitriles is 1. The molecule has 1 aromatic heterocycles. The molecular weight excluding hydrogens is 280 g/mol. The Labute approximate surface area is 108 Å². The van der Waals surface area contributed by atoms with Gasteiger partial charge in [0.2, 0.25) is 0 Å². The maximum atomic E-state index is 8.78. The summed E-state index contributed by atoms with van der Waals surface area (Å²) in [6, 6.07) is 7.73. The molecule has 0 aliphatic rings. The fourth-order valence-electron chi connectivity index (χ4n) is 1.52. The van der Waals surface area contributed by atoms with Crippen molar-refractivity contribution in [3.8, 4) is 6.07 Å². The van der Waals surface area contributed by atoms with Crippen molar-refractivity contribution in [2.45, 2.75) is 13.0 Å². The highest BCUT2D eigenvalue weighted by Gasteiger charge is 2.08. The van der Waals surface area contributed by atoms with Gasteiger partial charge in [-0.25, -0.2) is 0 Å². The fraction of sp³-hybridized carbons (Fsp3) is 0.167. The van der Waals surface area contributed by atoms with Gasteiger partial charge >= 0.3 is 0 Å². The van der Waals surface area contributed by atoms with E-state index < -0.39 is 0 Å². The summed E-state index contributed by atoms with van der Waals surface area (Å²) in [6.07, 6.45) is 3.64. The molecule has 0 saturated heterocycles. The van der Waals surface area contributed by atoms with Gasteiger partial charge in [-0.3, -0.25) is 5.10 Å². The Kier molecular flexibility index (Phi) is 3.45. The number of anilines is 1. The summed E-state index contributed by atoms with van der Waals surface area (Å²) in [6.45, 7) is 2.05. The molecule has 1 aromatic carbocycles. The average Bonchev–Trinajstić information content (AvgIpc) is 2.85. The lowest BCUT2D eigenvalue weighted by atomic mass is 10.1. The number of hydrogen-bond donors (Lipinski definition) is 2. The number of hydrogen-bond acceptors (Lipinski definition) is 3. The highest BCUT2D eigenvalue weighted by Crippen LogP contribution is 2.27. The van der Waals surface area contributed by atoms with Crippen LogP contribution in [0.5, 0.6) is 0 Å². The van der Waals surface area contributed by atoms with Gasteiger partial charge in [-0.05, 0) is 41.1 Å². The van der Waals surface area contributed by atoms with Crippen LogP contribution in [0.15, 0.2) is 35.1 Å². The molecule has 1 atom stereocenters. The number of nitrogens with one attached hydrogen (secondary N) is 2. The maximum absolute atomic E-state index is 8.78. The molecule has 2 N–H and O–H groups in total. The first kappa shape index (κ1) is 11.7. The summed E-state index contributed by atoms with van der Waals surface area (Å²) in [5.74, 6) is 0. The molecular formula is C12H11BrN4. The van der Waals surface area contributed by atoms with Gasteiger partial charge in [-0.1, -0.05) is 0 Å². The van der Waals surface area contributed by atoms with Crippen molar-refractivity contribution in [2.24, 2.45) is 0 Å². The zero-order valence-corrected chi connectivity index (χ0v) is 10.8. The SMILES string of the molecule is CC(Nc1ccc(C#N)cc1Br)c1cn[nH]c1. The lowest BCUT2D eigenvalue weighted by molar-refractivity contribution is 0.885. The Morgan fingerprint density at radius 2 is 2.35 bits per heavy atom. The molecule has 86 valence electrons. The number of aromatic nitrogens is 2. The van der Waals surface area contributed by atoms with Gasteiger partial charge in [0, 0.05) is 21.9 Å². The molecule has 1 unspecified atom stereocenters. The zero-order valence-electron chi connectivity index (χ0n) is 9.24. The Balaban J connectivity index is 2.17. The molecule has 0 radical (unpaired) electrons. The van der Waals surface area contributed by atoms with E-state index in [1.54, 1.807) is 18.3 Å². The van der Waals surface area contributed by atoms with E-state index in [2.05, 4.69) is 44.4 Å². The van der Waals surface area contributed by atoms with Gasteiger partial charge in [0.1, 0.15) is 0 Å². The van der Waals surface area contributed by atoms with E-state index in [4.69, 9.17) is 5.26 Å². The number of nitrogens with zero attached hydrogens (tertiary/aromatic N) is 2. The Morgan fingerprint density at radius 1 is 1.53 bits per heavy atom. The Morgan fingerprint density at radius 3 is 2.94 bits per heavy atom. The summed E-state index contributed by atoms with van der Waals surface area (Å²) in [5, 5.41) is 18.8. The van der Waals surface area contributed by atoms with Crippen molar-refractivity contribution < 1.29 is 0 Å². The number of halogens is 1. The summed E-state index contributed by atoms with van der Waals surface area (Å²) in [5.41, 5.74) is 2.68. The summed E-state index contributed by atoms with van der Waals surface area (Å²) in [4.78, 5) is 0. The van der Waals surface area contributed by atoms with Crippen LogP contribution in [0.4, 0.5) is 5.69 Å². The number of rotatable bonds is 3. The van der Waals surface area contributed by atoms with Gasteiger partial charge in [0.15, 0.2) is 0 Å². The molecule has 17 heavy (non-hydrogen) atoms. The lowest BCUT2D eigenvalue weighted by Gasteiger charge is -2.15. The molecule has 0 aliphatic carbocycles. The van der Waals surface area contributed by atoms with Crippen LogP contribution in [0, 0.1) is 11.3 Å². The van der Waals surface area contributed by atoms with Gasteiger partial charge in [-0.2, -0.15) is 10.4 Å². The summed E-state index contributed by atoms with van der Waals surface area (Å²) >= 11 is 3.44. The van der Waals surface area contributed by atoms with E-state index in [0.717, 1.165) is 15.7 Å². The third-order valence-corrected chi connectivity index (χ3v) is 3.15. The highest BCUT2D eigenvalue weighted by molar-refractivity contribution is 9.10. The van der Waals surface area contributed by atoms with Crippen LogP contribution in [-0.4, -0.2) is 10.2 Å². The fourth-order valence-corrected chi connectivity index (χ4v) is 2.01. The van der Waals surface area contributed by atoms with Crippen LogP contribution in [-0.2, 0) is 0 Å². The van der Waals surface area contributed by atoms with Gasteiger partial charge in [0.25, 0.3) is 0 Å². The molecule has 0 amide bonds. The maximum Gasteiger partial charge on any atom is 0.0992 e. The molecule has 0 fully saturated rings. The third-order valence-electron chi connectivity index (χ3n) is 2.49. The van der Waals surface area contributed by atoms with Crippen molar-refractivity contribution in [3.05, 3.63) is 46.2 Å². The van der Waals surface area contributed by atoms with E-state index in [1.165, 1.54) is 0 Å². The number of benzene rings is 1. The first-order valence-electron chi connectivity index (χ1n) is 5.15. The van der Waals surface area contributed by atoms with Crippen molar-refractivity contribution in [1.82, 2.24) is 10.2 Å². The van der Waals surface area contributed by atoms with Crippen LogP contribution >= 0.6 is 15.9 Å². The minimum Gasteiger partial charge on any atom is -0.377 e. The number of aromatic amines is 1. The second kappa shape index (κ2) is 5.02. The predicted molar refractivity (Wildman–Crippen MR) is 69.5 cm³/mol. The minimum absolute atomic E-state index is 0.151. The molecule has 2 aromatic rings. The first-order valence-corrected chi connectivity index (χ1v) is 5.95. The quantitative estimate of drug-likeness (QED) is 0.912. The average molecular weight is 291 g/mol. The smallest absolute Gasteiger partial charge is 0.0992 e. The molecule has 0 bridgehead atoms. The van der Waals surface area contributed by atoms with Crippen molar-refractivity contribution in [2.75, 3.05) is 5.32 Å². The lowest BCUT2D eigenvalue weighted by Crippen LogP contribution is -2.06. The van der Waals surface area contributed by atoms with Gasteiger partial charge < -0.3 is 5.32 Å². The monoisotopic (exact) mass is 290 g/mol. The van der Waals surface area contributed by atoms with Gasteiger partial charge in [-0.15, -0.1) is 0 Å². The molecule has 0 aliphatic heterocycles. The molecule has 1 heterocycles. The van der Waals surface area contributed by atoms with E-state index in [9.17, 15) is 0 Å². The first-order chi connectivity index (χ1) is 8.20. The molecule has 5 heteroatoms. The standard InChI is InChI=1S/C12H11BrN4/c1-8(10-6-15-16-7-10)17-12-3-2-9(5-14)4-11(12)13/h2-4,6-8,17H,1H3,(H,15,16). The normalized spacial score (nSPS) is 11.8. The topological polar surface area (TPSA) is 64.5 Å². The molecule has 2 rings (SSSR count). The van der Waals surface area contributed by atoms with Crippen LogP contribution in [0.3, 0.4) is 0 Å². The highest BCUT2D eigenvalue weighted by atomic mass is 79.9. The van der Waals surface area contributed by atoms with E-state index in [0.29, 0.717) is 5.56 Å². The number of H-pyrrole nitrogens is 1. The largest absolute Gasteiger partial charge is 0.377 e. The second-order valence-electron chi connectivity index (χ2n) is 3.70. The minimum atomic E-state index is 0.151. The van der Waals surface area contributed by atoms with E-state index in [-0.39, 0.29) is 6.04 Å². The summed E-state index contributed by atoms with van der Waals surface area (Å²) in [7, 11) is 0.